The molecule has 0 bridgehead atoms. The second kappa shape index (κ2) is 11.3. The van der Waals surface area contributed by atoms with Gasteiger partial charge in [-0.2, -0.15) is 0 Å². The first kappa shape index (κ1) is 28.1. The first-order valence-corrected chi connectivity index (χ1v) is 14.4. The number of furan rings is 1. The molecule has 43 heavy (non-hydrogen) atoms. The minimum atomic E-state index is -0.398. The number of benzene rings is 4. The van der Waals surface area contributed by atoms with Crippen LogP contribution in [0.25, 0.3) is 44.3 Å². The smallest absolute Gasteiger partial charge is 0.277 e. The number of halogens is 2. The summed E-state index contributed by atoms with van der Waals surface area (Å²) in [4.78, 5) is 26.7. The Labute approximate surface area is 249 Å². The van der Waals surface area contributed by atoms with Gasteiger partial charge in [-0.25, -0.2) is 13.5 Å². The van der Waals surface area contributed by atoms with Crippen LogP contribution in [-0.4, -0.2) is 41.3 Å². The number of anilines is 1. The SMILES string of the molecule is CNC(=O)c1c(-c2ccc(F)cc2)oc2cc(N(C)SC)c(-c3ccc4nnn(Cc5ccc(F)cc5)c(=O)c4c3)cc12. The van der Waals surface area contributed by atoms with Gasteiger partial charge >= 0.3 is 0 Å². The van der Waals surface area contributed by atoms with Crippen LogP contribution >= 0.6 is 11.9 Å². The first-order valence-electron chi connectivity index (χ1n) is 13.3. The van der Waals surface area contributed by atoms with Crippen LogP contribution < -0.4 is 15.2 Å². The van der Waals surface area contributed by atoms with Crippen molar-refractivity contribution in [3.05, 3.63) is 112 Å². The Morgan fingerprint density at radius 2 is 1.63 bits per heavy atom. The molecule has 4 aromatic carbocycles. The summed E-state index contributed by atoms with van der Waals surface area (Å²) in [7, 11) is 3.44. The number of nitrogens with one attached hydrogen (secondary N) is 1. The van der Waals surface area contributed by atoms with Crippen LogP contribution in [0.2, 0.25) is 0 Å². The molecular weight excluding hydrogens is 572 g/mol. The summed E-state index contributed by atoms with van der Waals surface area (Å²) in [6.45, 7) is 0.134. The van der Waals surface area contributed by atoms with Crippen LogP contribution in [0.4, 0.5) is 14.5 Å². The molecule has 0 aliphatic heterocycles. The van der Waals surface area contributed by atoms with Gasteiger partial charge in [0.05, 0.1) is 23.2 Å². The molecule has 2 heterocycles. The highest BCUT2D eigenvalue weighted by atomic mass is 32.2. The minimum Gasteiger partial charge on any atom is -0.455 e. The predicted octanol–water partition coefficient (Wildman–Crippen LogP) is 6.27. The Hall–Kier alpha value is -5.03. The fourth-order valence-corrected chi connectivity index (χ4v) is 5.34. The minimum absolute atomic E-state index is 0.134. The summed E-state index contributed by atoms with van der Waals surface area (Å²) in [5.41, 5.74) is 4.41. The Balaban J connectivity index is 1.54. The van der Waals surface area contributed by atoms with E-state index in [0.717, 1.165) is 16.8 Å². The summed E-state index contributed by atoms with van der Waals surface area (Å²) in [6.07, 6.45) is 1.93. The molecule has 1 amide bonds. The molecule has 0 unspecified atom stereocenters. The predicted molar refractivity (Wildman–Crippen MR) is 165 cm³/mol. The number of carbonyl (C=O) groups excluding carboxylic acids is 1. The normalized spacial score (nSPS) is 11.3. The Bertz CT molecular complexity index is 2060. The summed E-state index contributed by atoms with van der Waals surface area (Å²) >= 11 is 1.48. The van der Waals surface area contributed by atoms with Crippen molar-refractivity contribution in [3.8, 4) is 22.5 Å². The van der Waals surface area contributed by atoms with Crippen LogP contribution in [0.5, 0.6) is 0 Å². The van der Waals surface area contributed by atoms with Gasteiger partial charge < -0.3 is 14.0 Å². The van der Waals surface area contributed by atoms with E-state index >= 15 is 0 Å². The third-order valence-corrected chi connectivity index (χ3v) is 8.00. The fraction of sp³-hybridized carbons (Fsp3) is 0.125. The van der Waals surface area contributed by atoms with E-state index in [-0.39, 0.29) is 23.8 Å². The number of aromatic nitrogens is 3. The van der Waals surface area contributed by atoms with E-state index in [4.69, 9.17) is 4.42 Å². The topological polar surface area (TPSA) is 93.3 Å². The number of carbonyl (C=O) groups is 1. The molecule has 0 aliphatic rings. The average molecular weight is 598 g/mol. The zero-order valence-electron chi connectivity index (χ0n) is 23.4. The molecule has 0 fully saturated rings. The Morgan fingerprint density at radius 3 is 2.30 bits per heavy atom. The standard InChI is InChI=1S/C32H25F2N5O3S/c1-35-31(40)29-25-15-23(27(38(2)43-3)16-28(25)42-30(29)19-6-11-22(34)12-7-19)20-8-13-26-24(14-20)32(41)39(37-36-26)17-18-4-9-21(33)10-5-18/h4-16H,17H2,1-3H3,(H,35,40). The van der Waals surface area contributed by atoms with E-state index in [2.05, 4.69) is 15.6 Å². The highest BCUT2D eigenvalue weighted by Gasteiger charge is 2.24. The van der Waals surface area contributed by atoms with Gasteiger partial charge in [-0.3, -0.25) is 9.59 Å². The lowest BCUT2D eigenvalue weighted by molar-refractivity contribution is 0.0964. The summed E-state index contributed by atoms with van der Waals surface area (Å²) in [5, 5.41) is 11.9. The van der Waals surface area contributed by atoms with Crippen LogP contribution in [0.15, 0.2) is 88.1 Å². The molecule has 8 nitrogen and oxygen atoms in total. The molecule has 1 N–H and O–H groups in total. The lowest BCUT2D eigenvalue weighted by Gasteiger charge is -2.20. The Kier molecular flexibility index (Phi) is 7.41. The van der Waals surface area contributed by atoms with Crippen molar-refractivity contribution in [3.63, 3.8) is 0 Å². The number of nitrogens with zero attached hydrogens (tertiary/aromatic N) is 4. The van der Waals surface area contributed by atoms with Crippen molar-refractivity contribution >= 4 is 45.4 Å². The van der Waals surface area contributed by atoms with Crippen molar-refractivity contribution in [2.45, 2.75) is 6.54 Å². The summed E-state index contributed by atoms with van der Waals surface area (Å²) < 4.78 is 36.5. The maximum atomic E-state index is 13.7. The van der Waals surface area contributed by atoms with Gasteiger partial charge in [0, 0.05) is 42.9 Å². The van der Waals surface area contributed by atoms with E-state index in [9.17, 15) is 18.4 Å². The molecule has 11 heteroatoms. The van der Waals surface area contributed by atoms with E-state index in [1.54, 1.807) is 36.4 Å². The van der Waals surface area contributed by atoms with Crippen molar-refractivity contribution < 1.29 is 18.0 Å². The second-order valence-corrected chi connectivity index (χ2v) is 10.8. The highest BCUT2D eigenvalue weighted by Crippen LogP contribution is 2.42. The summed E-state index contributed by atoms with van der Waals surface area (Å²) in [5.74, 6) is -0.797. The van der Waals surface area contributed by atoms with Crippen molar-refractivity contribution in [2.75, 3.05) is 24.7 Å². The van der Waals surface area contributed by atoms with Crippen LogP contribution in [0, 0.1) is 11.6 Å². The van der Waals surface area contributed by atoms with Crippen molar-refractivity contribution in [2.24, 2.45) is 0 Å². The fourth-order valence-electron chi connectivity index (χ4n) is 4.99. The summed E-state index contributed by atoms with van der Waals surface area (Å²) in [6, 6.07) is 20.7. The number of hydrogen-bond acceptors (Lipinski definition) is 7. The maximum absolute atomic E-state index is 13.7. The largest absolute Gasteiger partial charge is 0.455 e. The van der Waals surface area contributed by atoms with Gasteiger partial charge in [-0.05, 0) is 65.7 Å². The van der Waals surface area contributed by atoms with Crippen LogP contribution in [-0.2, 0) is 6.54 Å². The molecule has 6 aromatic rings. The first-order chi connectivity index (χ1) is 20.8. The van der Waals surface area contributed by atoms with E-state index in [0.29, 0.717) is 44.3 Å². The number of amides is 1. The molecule has 0 saturated carbocycles. The molecule has 0 aliphatic carbocycles. The van der Waals surface area contributed by atoms with Gasteiger partial charge in [-0.1, -0.05) is 35.4 Å². The zero-order valence-corrected chi connectivity index (χ0v) is 24.2. The van der Waals surface area contributed by atoms with E-state index in [1.165, 1.54) is 47.9 Å². The molecular formula is C32H25F2N5O3S. The van der Waals surface area contributed by atoms with Gasteiger partial charge in [-0.15, -0.1) is 5.10 Å². The maximum Gasteiger partial charge on any atom is 0.277 e. The number of rotatable bonds is 7. The van der Waals surface area contributed by atoms with Gasteiger partial charge in [0.25, 0.3) is 11.5 Å². The number of hydrogen-bond donors (Lipinski definition) is 1. The van der Waals surface area contributed by atoms with Gasteiger partial charge in [0.2, 0.25) is 0 Å². The Morgan fingerprint density at radius 1 is 0.953 bits per heavy atom. The van der Waals surface area contributed by atoms with E-state index in [1.807, 2.05) is 35.8 Å². The molecule has 0 atom stereocenters. The lowest BCUT2D eigenvalue weighted by Crippen LogP contribution is -2.24. The monoisotopic (exact) mass is 597 g/mol. The molecule has 0 radical (unpaired) electrons. The average Bonchev–Trinajstić information content (AvgIpc) is 3.40. The van der Waals surface area contributed by atoms with Crippen molar-refractivity contribution in [1.29, 1.82) is 0 Å². The molecule has 216 valence electrons. The molecule has 2 aromatic heterocycles. The third-order valence-electron chi connectivity index (χ3n) is 7.26. The van der Waals surface area contributed by atoms with E-state index < -0.39 is 5.82 Å². The molecule has 0 saturated heterocycles. The number of fused-ring (bicyclic) bond motifs is 2. The van der Waals surface area contributed by atoms with Gasteiger partial charge in [0.15, 0.2) is 0 Å². The quantitative estimate of drug-likeness (QED) is 0.217. The second-order valence-electron chi connectivity index (χ2n) is 9.85. The van der Waals surface area contributed by atoms with Crippen LogP contribution in [0.3, 0.4) is 0 Å². The van der Waals surface area contributed by atoms with Crippen LogP contribution in [0.1, 0.15) is 15.9 Å². The molecule has 0 spiro atoms. The van der Waals surface area contributed by atoms with Gasteiger partial charge in [0.1, 0.15) is 28.5 Å². The highest BCUT2D eigenvalue weighted by molar-refractivity contribution is 7.99. The molecule has 6 rings (SSSR count). The zero-order chi connectivity index (χ0) is 30.2. The van der Waals surface area contributed by atoms with Crippen molar-refractivity contribution in [1.82, 2.24) is 20.3 Å². The lowest BCUT2D eigenvalue weighted by atomic mass is 9.97. The third kappa shape index (κ3) is 5.23.